The Labute approximate surface area is 218 Å². The molecule has 2 aromatic carbocycles. The van der Waals surface area contributed by atoms with Gasteiger partial charge in [0.1, 0.15) is 17.6 Å². The molecular formula is C27H25ClF2N4O3. The fourth-order valence-corrected chi connectivity index (χ4v) is 4.39. The summed E-state index contributed by atoms with van der Waals surface area (Å²) in [5.41, 5.74) is 1.79. The van der Waals surface area contributed by atoms with Crippen molar-refractivity contribution in [3.63, 3.8) is 0 Å². The topological polar surface area (TPSA) is 87.0 Å². The number of aliphatic hydroxyl groups excluding tert-OH is 1. The smallest absolute Gasteiger partial charge is 0.338 e. The molecule has 1 aliphatic rings. The number of carbonyl (C=O) groups is 1. The molecule has 0 spiro atoms. The van der Waals surface area contributed by atoms with E-state index in [4.69, 9.17) is 16.3 Å². The summed E-state index contributed by atoms with van der Waals surface area (Å²) in [6, 6.07) is 15.1. The second-order valence-electron chi connectivity index (χ2n) is 8.31. The van der Waals surface area contributed by atoms with E-state index in [1.807, 2.05) is 35.2 Å². The first-order valence-corrected chi connectivity index (χ1v) is 11.9. The van der Waals surface area contributed by atoms with Gasteiger partial charge in [-0.1, -0.05) is 48.0 Å². The Balaban J connectivity index is 1.83. The van der Waals surface area contributed by atoms with Gasteiger partial charge in [-0.15, -0.1) is 0 Å². The summed E-state index contributed by atoms with van der Waals surface area (Å²) < 4.78 is 33.7. The average molecular weight is 527 g/mol. The molecule has 37 heavy (non-hydrogen) atoms. The lowest BCUT2D eigenvalue weighted by Gasteiger charge is -2.31. The molecular weight excluding hydrogens is 502 g/mol. The van der Waals surface area contributed by atoms with Crippen LogP contribution in [0.2, 0.25) is 5.02 Å². The summed E-state index contributed by atoms with van der Waals surface area (Å²) in [4.78, 5) is 23.7. The number of ether oxygens (including phenoxy) is 1. The van der Waals surface area contributed by atoms with Crippen LogP contribution in [0.3, 0.4) is 0 Å². The molecule has 1 unspecified atom stereocenters. The Hall–Kier alpha value is -3.66. The van der Waals surface area contributed by atoms with Crippen LogP contribution in [-0.2, 0) is 16.1 Å². The average Bonchev–Trinajstić information content (AvgIpc) is 2.89. The first-order chi connectivity index (χ1) is 17.9. The van der Waals surface area contributed by atoms with E-state index >= 15 is 0 Å². The lowest BCUT2D eigenvalue weighted by atomic mass is 9.94. The number of benzene rings is 2. The van der Waals surface area contributed by atoms with Gasteiger partial charge in [0, 0.05) is 42.1 Å². The number of nitrogens with one attached hydrogen (secondary N) is 1. The highest BCUT2D eigenvalue weighted by Crippen LogP contribution is 2.36. The highest BCUT2D eigenvalue weighted by atomic mass is 35.5. The molecule has 1 atom stereocenters. The molecule has 3 aromatic rings. The third-order valence-electron chi connectivity index (χ3n) is 5.82. The van der Waals surface area contributed by atoms with Crippen LogP contribution in [0.15, 0.2) is 83.1 Å². The summed E-state index contributed by atoms with van der Waals surface area (Å²) in [5, 5.41) is 12.8. The van der Waals surface area contributed by atoms with Crippen LogP contribution in [0.25, 0.3) is 0 Å². The molecule has 10 heteroatoms. The molecule has 192 valence electrons. The SMILES string of the molecule is COC(=O)C1=C(CN(CCO)Cc2ccccc2)NC(c2ncccc2F)=NC1c1ccc(F)cc1Cl. The third kappa shape index (κ3) is 6.19. The number of amidine groups is 1. The highest BCUT2D eigenvalue weighted by molar-refractivity contribution is 6.31. The maximum atomic E-state index is 14.7. The second-order valence-corrected chi connectivity index (χ2v) is 8.72. The number of aromatic nitrogens is 1. The van der Waals surface area contributed by atoms with Crippen LogP contribution in [0.5, 0.6) is 0 Å². The number of carbonyl (C=O) groups excluding carboxylic acids is 1. The number of nitrogens with zero attached hydrogens (tertiary/aromatic N) is 3. The number of halogens is 3. The van der Waals surface area contributed by atoms with Gasteiger partial charge in [0.05, 0.1) is 19.3 Å². The van der Waals surface area contributed by atoms with E-state index in [2.05, 4.69) is 15.3 Å². The van der Waals surface area contributed by atoms with Crippen molar-refractivity contribution in [2.75, 3.05) is 26.8 Å². The third-order valence-corrected chi connectivity index (χ3v) is 6.15. The van der Waals surface area contributed by atoms with Crippen molar-refractivity contribution in [2.45, 2.75) is 12.6 Å². The quantitative estimate of drug-likeness (QED) is 0.409. The summed E-state index contributed by atoms with van der Waals surface area (Å²) >= 11 is 6.37. The molecule has 0 fully saturated rings. The van der Waals surface area contributed by atoms with Gasteiger partial charge in [-0.25, -0.2) is 18.6 Å². The lowest BCUT2D eigenvalue weighted by molar-refractivity contribution is -0.136. The number of methoxy groups -OCH3 is 1. The number of aliphatic hydroxyl groups is 1. The molecule has 0 saturated carbocycles. The summed E-state index contributed by atoms with van der Waals surface area (Å²) in [7, 11) is 1.24. The molecule has 2 heterocycles. The molecule has 0 amide bonds. The van der Waals surface area contributed by atoms with Crippen molar-refractivity contribution < 1.29 is 23.4 Å². The highest BCUT2D eigenvalue weighted by Gasteiger charge is 2.34. The predicted molar refractivity (Wildman–Crippen MR) is 136 cm³/mol. The van der Waals surface area contributed by atoms with Crippen LogP contribution < -0.4 is 5.32 Å². The van der Waals surface area contributed by atoms with Crippen LogP contribution in [-0.4, -0.2) is 53.6 Å². The fraction of sp³-hybridized carbons (Fsp3) is 0.222. The first kappa shape index (κ1) is 26.4. The zero-order chi connectivity index (χ0) is 26.4. The number of rotatable bonds is 9. The molecule has 1 aromatic heterocycles. The summed E-state index contributed by atoms with van der Waals surface area (Å²) in [6.45, 7) is 0.785. The van der Waals surface area contributed by atoms with Crippen molar-refractivity contribution in [3.8, 4) is 0 Å². The van der Waals surface area contributed by atoms with Crippen LogP contribution in [0.4, 0.5) is 8.78 Å². The molecule has 0 aliphatic carbocycles. The lowest BCUT2D eigenvalue weighted by Crippen LogP contribution is -2.40. The van der Waals surface area contributed by atoms with Crippen LogP contribution in [0, 0.1) is 11.6 Å². The van der Waals surface area contributed by atoms with Crippen molar-refractivity contribution in [1.29, 1.82) is 0 Å². The van der Waals surface area contributed by atoms with Gasteiger partial charge >= 0.3 is 5.97 Å². The van der Waals surface area contributed by atoms with Gasteiger partial charge in [0.15, 0.2) is 11.7 Å². The van der Waals surface area contributed by atoms with Gasteiger partial charge in [-0.05, 0) is 29.8 Å². The van der Waals surface area contributed by atoms with E-state index in [0.29, 0.717) is 24.4 Å². The van der Waals surface area contributed by atoms with Crippen molar-refractivity contribution >= 4 is 23.4 Å². The summed E-state index contributed by atoms with van der Waals surface area (Å²) in [5.74, 6) is -1.77. The number of hydrogen-bond acceptors (Lipinski definition) is 7. The zero-order valence-electron chi connectivity index (χ0n) is 20.0. The second kappa shape index (κ2) is 12.1. The van der Waals surface area contributed by atoms with Crippen LogP contribution in [0.1, 0.15) is 22.9 Å². The largest absolute Gasteiger partial charge is 0.466 e. The zero-order valence-corrected chi connectivity index (χ0v) is 20.8. The van der Waals surface area contributed by atoms with E-state index in [-0.39, 0.29) is 35.3 Å². The summed E-state index contributed by atoms with van der Waals surface area (Å²) in [6.07, 6.45) is 1.43. The van der Waals surface area contributed by atoms with E-state index in [0.717, 1.165) is 11.6 Å². The molecule has 0 radical (unpaired) electrons. The minimum Gasteiger partial charge on any atom is -0.466 e. The molecule has 1 aliphatic heterocycles. The minimum absolute atomic E-state index is 0.0498. The van der Waals surface area contributed by atoms with Gasteiger partial charge < -0.3 is 15.2 Å². The predicted octanol–water partition coefficient (Wildman–Crippen LogP) is 4.03. The van der Waals surface area contributed by atoms with E-state index in [9.17, 15) is 18.7 Å². The number of hydrogen-bond donors (Lipinski definition) is 2. The Morgan fingerprint density at radius 1 is 1.14 bits per heavy atom. The molecule has 0 saturated heterocycles. The Bertz CT molecular complexity index is 1330. The maximum absolute atomic E-state index is 14.7. The molecule has 0 bridgehead atoms. The maximum Gasteiger partial charge on any atom is 0.338 e. The van der Waals surface area contributed by atoms with Crippen molar-refractivity contribution in [2.24, 2.45) is 4.99 Å². The Kier molecular flexibility index (Phi) is 8.60. The van der Waals surface area contributed by atoms with E-state index < -0.39 is 23.6 Å². The van der Waals surface area contributed by atoms with Crippen molar-refractivity contribution in [1.82, 2.24) is 15.2 Å². The van der Waals surface area contributed by atoms with Gasteiger partial charge in [0.25, 0.3) is 0 Å². The normalized spacial score (nSPS) is 15.4. The number of esters is 1. The molecule has 7 nitrogen and oxygen atoms in total. The Morgan fingerprint density at radius 2 is 1.92 bits per heavy atom. The van der Waals surface area contributed by atoms with Crippen molar-refractivity contribution in [3.05, 3.63) is 112 Å². The van der Waals surface area contributed by atoms with E-state index in [1.54, 1.807) is 0 Å². The van der Waals surface area contributed by atoms with E-state index in [1.165, 1.54) is 37.6 Å². The molecule has 4 rings (SSSR count). The molecule has 2 N–H and O–H groups in total. The van der Waals surface area contributed by atoms with Gasteiger partial charge in [0.2, 0.25) is 0 Å². The van der Waals surface area contributed by atoms with Gasteiger partial charge in [-0.2, -0.15) is 0 Å². The number of aliphatic imine (C=N–C) groups is 1. The first-order valence-electron chi connectivity index (χ1n) is 11.5. The monoisotopic (exact) mass is 526 g/mol. The standard InChI is InChI=1S/C27H25ClF2N4O3/c1-37-27(36)23-22(16-34(12-13-35)15-17-6-3-2-4-7-17)32-26(25-21(30)8-5-11-31-25)33-24(23)19-10-9-18(29)14-20(19)28/h2-11,14,24,35H,12-13,15-16H2,1H3,(H,32,33). The van der Waals surface area contributed by atoms with Gasteiger partial charge in [-0.3, -0.25) is 9.89 Å². The minimum atomic E-state index is -1.03. The Morgan fingerprint density at radius 3 is 2.59 bits per heavy atom. The number of pyridine rings is 1. The van der Waals surface area contributed by atoms with Crippen LogP contribution >= 0.6 is 11.6 Å². The fourth-order valence-electron chi connectivity index (χ4n) is 4.12.